The first-order chi connectivity index (χ1) is 34.1. The molecule has 0 atom stereocenters. The van der Waals surface area contributed by atoms with Gasteiger partial charge in [0.15, 0.2) is 22.3 Å². The molecule has 9 aromatic rings. The number of aromatic nitrogens is 12. The minimum absolute atomic E-state index is 0.0184. The number of hydrogen-bond donors (Lipinski definition) is 2. The Morgan fingerprint density at radius 1 is 0.592 bits per heavy atom. The fourth-order valence-corrected chi connectivity index (χ4v) is 8.84. The van der Waals surface area contributed by atoms with Gasteiger partial charge < -0.3 is 23.1 Å². The number of aliphatic hydroxyl groups is 1. The lowest BCUT2D eigenvalue weighted by Gasteiger charge is -2.34. The van der Waals surface area contributed by atoms with Crippen molar-refractivity contribution in [2.75, 3.05) is 0 Å². The molecule has 0 aliphatic heterocycles. The number of benzene rings is 3. The summed E-state index contributed by atoms with van der Waals surface area (Å²) in [5.74, 6) is 0.862. The van der Waals surface area contributed by atoms with E-state index in [0.717, 1.165) is 35.7 Å². The van der Waals surface area contributed by atoms with Crippen LogP contribution in [0.15, 0.2) is 126 Å². The zero-order valence-electron chi connectivity index (χ0n) is 38.1. The number of halogens is 3. The molecule has 2 N–H and O–H groups in total. The second-order valence-corrected chi connectivity index (χ2v) is 18.9. The van der Waals surface area contributed by atoms with Gasteiger partial charge in [0, 0.05) is 42.0 Å². The highest BCUT2D eigenvalue weighted by Crippen LogP contribution is 2.44. The SMILES string of the molecule is Cn1cnc2ncn(Cc3n[nH]c(=O)o3)c(=O)c21.Cn1cnc2ncn(Cc3nn(C4CC(c5ccc(Cl)cc5)C4)c(=O)o3)c(=O)c21.O=C1CC(c2ccc(Cl)cc2)C1.OC1CC(c2ccc(Cl)cc2)C1. The third kappa shape index (κ3) is 11.2. The highest BCUT2D eigenvalue weighted by Gasteiger charge is 2.34. The number of aliphatic hydroxyl groups excluding tert-OH is 1. The molecule has 71 heavy (non-hydrogen) atoms. The summed E-state index contributed by atoms with van der Waals surface area (Å²) >= 11 is 17.4. The normalized spacial score (nSPS) is 18.3. The van der Waals surface area contributed by atoms with E-state index < -0.39 is 11.5 Å². The maximum absolute atomic E-state index is 12.6. The quantitative estimate of drug-likeness (QED) is 0.169. The number of ketones is 1. The molecule has 3 fully saturated rings. The molecule has 0 saturated heterocycles. The molecule has 3 saturated carbocycles. The van der Waals surface area contributed by atoms with Crippen molar-refractivity contribution in [3.05, 3.63) is 183 Å². The molecule has 0 amide bonds. The van der Waals surface area contributed by atoms with Gasteiger partial charge in [0.05, 0.1) is 24.8 Å². The zero-order valence-corrected chi connectivity index (χ0v) is 40.4. The highest BCUT2D eigenvalue weighted by molar-refractivity contribution is 6.31. The maximum atomic E-state index is 12.6. The molecule has 12 rings (SSSR count). The van der Waals surface area contributed by atoms with Gasteiger partial charge >= 0.3 is 11.5 Å². The van der Waals surface area contributed by atoms with E-state index >= 15 is 0 Å². The monoisotopic (exact) mass is 1020 g/mol. The number of hydrogen-bond acceptors (Lipinski definition) is 14. The lowest BCUT2D eigenvalue weighted by molar-refractivity contribution is -0.124. The summed E-state index contributed by atoms with van der Waals surface area (Å²) < 4.78 is 17.2. The number of aryl methyl sites for hydroxylation is 2. The molecule has 3 aliphatic carbocycles. The molecule has 366 valence electrons. The maximum Gasteiger partial charge on any atom is 0.437 e. The van der Waals surface area contributed by atoms with Crippen molar-refractivity contribution in [2.45, 2.75) is 81.5 Å². The van der Waals surface area contributed by atoms with Gasteiger partial charge in [0.25, 0.3) is 11.1 Å². The lowest BCUT2D eigenvalue weighted by Crippen LogP contribution is -2.31. The molecule has 6 aromatic heterocycles. The Morgan fingerprint density at radius 3 is 1.46 bits per heavy atom. The number of aromatic amines is 1. The van der Waals surface area contributed by atoms with Crippen molar-refractivity contribution < 1.29 is 18.7 Å². The smallest absolute Gasteiger partial charge is 0.393 e. The van der Waals surface area contributed by atoms with Crippen LogP contribution in [0.3, 0.4) is 0 Å². The first-order valence-electron chi connectivity index (χ1n) is 22.5. The van der Waals surface area contributed by atoms with Crippen LogP contribution in [-0.2, 0) is 32.0 Å². The van der Waals surface area contributed by atoms with E-state index in [1.807, 2.05) is 72.8 Å². The van der Waals surface area contributed by atoms with Gasteiger partial charge in [0.1, 0.15) is 31.5 Å². The first-order valence-corrected chi connectivity index (χ1v) is 23.6. The molecular weight excluding hydrogens is 979 g/mol. The van der Waals surface area contributed by atoms with E-state index in [9.17, 15) is 24.0 Å². The number of carbonyl (C=O) groups excluding carboxylic acids is 1. The van der Waals surface area contributed by atoms with Crippen LogP contribution in [0.5, 0.6) is 0 Å². The number of fused-ring (bicyclic) bond motifs is 2. The summed E-state index contributed by atoms with van der Waals surface area (Å²) in [5.41, 5.74) is 4.72. The Kier molecular flexibility index (Phi) is 14.4. The van der Waals surface area contributed by atoms with E-state index in [1.165, 1.54) is 55.8 Å². The van der Waals surface area contributed by atoms with E-state index in [1.54, 1.807) is 23.2 Å². The van der Waals surface area contributed by atoms with E-state index in [0.29, 0.717) is 63.7 Å². The van der Waals surface area contributed by atoms with E-state index in [-0.39, 0.29) is 48.1 Å². The fourth-order valence-electron chi connectivity index (χ4n) is 8.46. The topological polar surface area (TPSA) is 250 Å². The Morgan fingerprint density at radius 2 is 1.03 bits per heavy atom. The van der Waals surface area contributed by atoms with Crippen LogP contribution in [0.2, 0.25) is 15.1 Å². The molecule has 0 bridgehead atoms. The lowest BCUT2D eigenvalue weighted by atomic mass is 9.76. The van der Waals surface area contributed by atoms with Gasteiger partial charge in [0.2, 0.25) is 11.8 Å². The van der Waals surface area contributed by atoms with Gasteiger partial charge in [-0.05, 0) is 96.5 Å². The third-order valence-corrected chi connectivity index (χ3v) is 13.4. The molecule has 23 heteroatoms. The zero-order chi connectivity index (χ0) is 49.9. The molecule has 3 aromatic carbocycles. The number of nitrogens with one attached hydrogen (secondary N) is 1. The Bertz CT molecular complexity index is 3550. The van der Waals surface area contributed by atoms with Gasteiger partial charge in [-0.25, -0.2) is 34.6 Å². The van der Waals surface area contributed by atoms with Crippen LogP contribution < -0.4 is 22.6 Å². The van der Waals surface area contributed by atoms with Crippen molar-refractivity contribution in [1.82, 2.24) is 58.2 Å². The Labute approximate surface area is 417 Å². The minimum Gasteiger partial charge on any atom is -0.393 e. The van der Waals surface area contributed by atoms with Crippen molar-refractivity contribution in [1.29, 1.82) is 0 Å². The summed E-state index contributed by atoms with van der Waals surface area (Å²) in [6.45, 7) is 0.0637. The van der Waals surface area contributed by atoms with Gasteiger partial charge in [-0.15, -0.1) is 10.2 Å². The van der Waals surface area contributed by atoms with Crippen molar-refractivity contribution in [3.63, 3.8) is 0 Å². The van der Waals surface area contributed by atoms with Gasteiger partial charge in [-0.2, -0.15) is 4.68 Å². The predicted molar refractivity (Wildman–Crippen MR) is 262 cm³/mol. The number of H-pyrrole nitrogens is 1. The first kappa shape index (κ1) is 48.8. The number of nitrogens with zero attached hydrogens (tertiary/aromatic N) is 11. The van der Waals surface area contributed by atoms with Gasteiger partial charge in [-0.1, -0.05) is 71.2 Å². The van der Waals surface area contributed by atoms with Crippen LogP contribution in [0.4, 0.5) is 0 Å². The molecule has 0 unspecified atom stereocenters. The largest absolute Gasteiger partial charge is 0.437 e. The van der Waals surface area contributed by atoms with Crippen LogP contribution in [0.25, 0.3) is 22.3 Å². The molecule has 0 spiro atoms. The van der Waals surface area contributed by atoms with Crippen molar-refractivity contribution in [2.24, 2.45) is 14.1 Å². The van der Waals surface area contributed by atoms with E-state index in [4.69, 9.17) is 48.7 Å². The molecule has 0 radical (unpaired) electrons. The van der Waals surface area contributed by atoms with Crippen LogP contribution >= 0.6 is 34.8 Å². The average Bonchev–Trinajstić information content (AvgIpc) is 4.11. The van der Waals surface area contributed by atoms with Crippen LogP contribution in [-0.4, -0.2) is 75.2 Å². The van der Waals surface area contributed by atoms with E-state index in [2.05, 4.69) is 35.2 Å². The second kappa shape index (κ2) is 21.0. The molecule has 6 heterocycles. The summed E-state index contributed by atoms with van der Waals surface area (Å²) in [7, 11) is 3.43. The third-order valence-electron chi connectivity index (χ3n) is 12.7. The molecule has 3 aliphatic rings. The Balaban J connectivity index is 0.000000127. The summed E-state index contributed by atoms with van der Waals surface area (Å²) in [5, 5.41) is 21.4. The number of rotatable bonds is 8. The summed E-state index contributed by atoms with van der Waals surface area (Å²) in [4.78, 5) is 74.8. The van der Waals surface area contributed by atoms with Crippen molar-refractivity contribution >= 4 is 62.9 Å². The van der Waals surface area contributed by atoms with Gasteiger partial charge in [-0.3, -0.25) is 23.5 Å². The summed E-state index contributed by atoms with van der Waals surface area (Å²) in [6.07, 6.45) is 10.5. The van der Waals surface area contributed by atoms with Crippen molar-refractivity contribution in [3.8, 4) is 0 Å². The fraction of sp³-hybridized carbons (Fsp3) is 0.312. The second-order valence-electron chi connectivity index (χ2n) is 17.6. The number of imidazole rings is 2. The molecular formula is C48H45Cl3N12O8. The number of Topliss-reactive ketones (excluding diaryl/α,β-unsaturated/α-hetero) is 1. The average molecular weight is 1020 g/mol. The Hall–Kier alpha value is -7.26. The standard InChI is InChI=1S/C19H17ClN6O3.C10H11ClO.C10H9ClO.C9H8N6O3/c1-24-9-21-17-16(24)18(27)25(10-22-17)8-15-23-26(19(28)29-15)14-6-12(7-14)11-2-4-13(20)5-3-11;2*11-9-3-1-7(2-4-9)8-5-10(12)6-8;1-14-3-10-7-6(14)8(16)15(4-11-7)2-5-12-13-9(17)18-5/h2-5,9-10,12,14H,6-8H2,1H3;1-4,8,10,12H,5-6H2;1-4,8H,5-6H2;3-4H,2H2,1H3,(H,13,17). The van der Waals surface area contributed by atoms with Crippen LogP contribution in [0.1, 0.15) is 90.8 Å². The van der Waals surface area contributed by atoms with Crippen LogP contribution in [0, 0.1) is 0 Å². The predicted octanol–water partition coefficient (Wildman–Crippen LogP) is 6.32. The summed E-state index contributed by atoms with van der Waals surface area (Å²) in [6, 6.07) is 23.4. The number of carbonyl (C=O) groups is 1. The molecule has 20 nitrogen and oxygen atoms in total. The highest BCUT2D eigenvalue weighted by atomic mass is 35.5. The minimum atomic E-state index is -0.660.